The number of nitrogen functional groups attached to an aromatic ring is 1. The third-order valence-corrected chi connectivity index (χ3v) is 8.72. The Morgan fingerprint density at radius 1 is 0.907 bits per heavy atom. The maximum atomic E-state index is 12.8. The molecule has 0 saturated carbocycles. The van der Waals surface area contributed by atoms with Crippen molar-refractivity contribution in [2.45, 2.75) is 72.3 Å². The summed E-state index contributed by atoms with van der Waals surface area (Å²) in [7, 11) is 0. The first-order chi connectivity index (χ1) is 25.5. The van der Waals surface area contributed by atoms with Gasteiger partial charge in [-0.05, 0) is 44.5 Å². The van der Waals surface area contributed by atoms with Crippen LogP contribution >= 0.6 is 0 Å². The molecule has 7 N–H and O–H groups in total. The molecule has 3 aromatic rings. The maximum absolute atomic E-state index is 12.8. The molecule has 290 valence electrons. The Kier molecular flexibility index (Phi) is 13.9. The number of H-pyrrole nitrogens is 1. The van der Waals surface area contributed by atoms with Gasteiger partial charge >= 0.3 is 0 Å². The maximum Gasteiger partial charge on any atom is 0.280 e. The molecule has 18 heteroatoms. The summed E-state index contributed by atoms with van der Waals surface area (Å²) in [5.74, 6) is -2.72. The van der Waals surface area contributed by atoms with Crippen LogP contribution in [0.3, 0.4) is 0 Å². The van der Waals surface area contributed by atoms with Crippen molar-refractivity contribution < 1.29 is 33.4 Å². The Morgan fingerprint density at radius 2 is 1.52 bits per heavy atom. The van der Waals surface area contributed by atoms with Crippen LogP contribution in [0.2, 0.25) is 0 Å². The number of fused-ring (bicyclic) bond motifs is 1. The van der Waals surface area contributed by atoms with E-state index in [1.54, 1.807) is 31.2 Å². The monoisotopic (exact) mass is 748 g/mol. The molecule has 0 bridgehead atoms. The van der Waals surface area contributed by atoms with E-state index in [4.69, 9.17) is 15.2 Å². The first-order valence-corrected chi connectivity index (χ1v) is 17.6. The molecule has 1 aliphatic rings. The molecule has 0 spiro atoms. The van der Waals surface area contributed by atoms with Crippen LogP contribution in [0.5, 0.6) is 0 Å². The van der Waals surface area contributed by atoms with Crippen molar-refractivity contribution in [3.63, 3.8) is 0 Å². The fourth-order valence-electron chi connectivity index (χ4n) is 5.10. The number of hydrogen-bond acceptors (Lipinski definition) is 13. The second-order valence-electron chi connectivity index (χ2n) is 13.8. The largest absolute Gasteiger partial charge is 0.379 e. The lowest BCUT2D eigenvalue weighted by Crippen LogP contribution is -2.48. The van der Waals surface area contributed by atoms with Gasteiger partial charge in [-0.15, -0.1) is 0 Å². The zero-order valence-electron chi connectivity index (χ0n) is 31.1. The molecule has 0 radical (unpaired) electrons. The van der Waals surface area contributed by atoms with E-state index in [0.29, 0.717) is 17.7 Å². The summed E-state index contributed by atoms with van der Waals surface area (Å²) >= 11 is 0. The molecule has 2 atom stereocenters. The first kappa shape index (κ1) is 41.0. The number of aromatic nitrogens is 4. The van der Waals surface area contributed by atoms with Crippen LogP contribution in [0, 0.1) is 5.41 Å². The lowest BCUT2D eigenvalue weighted by atomic mass is 9.86. The average molecular weight is 749 g/mol. The minimum absolute atomic E-state index is 0.00153. The lowest BCUT2D eigenvalue weighted by Gasteiger charge is -2.41. The molecule has 18 nitrogen and oxygen atoms in total. The molecule has 0 aliphatic carbocycles. The topological polar surface area (TPSA) is 253 Å². The van der Waals surface area contributed by atoms with Crippen molar-refractivity contribution in [2.75, 3.05) is 43.9 Å². The molecule has 0 saturated heterocycles. The van der Waals surface area contributed by atoms with Crippen molar-refractivity contribution in [1.82, 2.24) is 40.8 Å². The molecule has 54 heavy (non-hydrogen) atoms. The van der Waals surface area contributed by atoms with Crippen molar-refractivity contribution in [2.24, 2.45) is 5.41 Å². The molecule has 1 unspecified atom stereocenters. The number of nitrogens with two attached hydrogens (primary N) is 1. The molecule has 5 amide bonds. The van der Waals surface area contributed by atoms with Crippen LogP contribution in [0.25, 0.3) is 11.2 Å². The number of imide groups is 1. The second-order valence-corrected chi connectivity index (χ2v) is 13.8. The van der Waals surface area contributed by atoms with Gasteiger partial charge in [-0.1, -0.05) is 20.8 Å². The highest BCUT2D eigenvalue weighted by molar-refractivity contribution is 6.13. The number of carbonyl (C=O) groups excluding carboxylic acids is 5. The summed E-state index contributed by atoms with van der Waals surface area (Å²) in [6, 6.07) is 6.58. The van der Waals surface area contributed by atoms with Gasteiger partial charge in [0.15, 0.2) is 17.0 Å². The number of benzene rings is 1. The average Bonchev–Trinajstić information content (AvgIpc) is 3.44. The Balaban J connectivity index is 1.10. The zero-order chi connectivity index (χ0) is 39.5. The predicted octanol–water partition coefficient (Wildman–Crippen LogP) is 1.15. The van der Waals surface area contributed by atoms with Gasteiger partial charge in [0.1, 0.15) is 0 Å². The summed E-state index contributed by atoms with van der Waals surface area (Å²) in [5, 5.41) is 11.6. The molecule has 3 heterocycles. The smallest absolute Gasteiger partial charge is 0.280 e. The van der Waals surface area contributed by atoms with Crippen molar-refractivity contribution in [3.8, 4) is 0 Å². The van der Waals surface area contributed by atoms with E-state index in [9.17, 15) is 28.8 Å². The van der Waals surface area contributed by atoms with Gasteiger partial charge < -0.3 is 36.5 Å². The fraction of sp³-hybridized carbons (Fsp3) is 0.472. The van der Waals surface area contributed by atoms with E-state index in [2.05, 4.69) is 41.2 Å². The highest BCUT2D eigenvalue weighted by Gasteiger charge is 2.39. The van der Waals surface area contributed by atoms with Gasteiger partial charge in [0.05, 0.1) is 31.6 Å². The standard InChI is InChI=1S/C36H48N10O8/c1-22(42-32(51)23-7-9-24(10-8-23)40-20-25-21-41-31-30(43-25)33(52)45-34(37)44-31)6-11-26(47)38-15-18-53-36(5,35(2,3)4)54-19-16-39-27(48)14-17-46-28(49)12-13-29(46)50/h7-10,12-13,21-22,40H,6,11,14-20H2,1-5H3,(H,38,47)(H,39,48)(H,42,51)(H3,37,41,44,45,52)/t22-,36?/m1/s1. The quantitative estimate of drug-likeness (QED) is 0.0573. The number of nitrogens with zero attached hydrogens (tertiary/aromatic N) is 4. The van der Waals surface area contributed by atoms with Gasteiger partial charge in [-0.3, -0.25) is 38.7 Å². The second kappa shape index (κ2) is 18.3. The van der Waals surface area contributed by atoms with Crippen LogP contribution in [0.1, 0.15) is 69.9 Å². The minimum atomic E-state index is -1.03. The molecule has 0 fully saturated rings. The number of carbonyl (C=O) groups is 5. The Bertz CT molecular complexity index is 1910. The predicted molar refractivity (Wildman–Crippen MR) is 199 cm³/mol. The van der Waals surface area contributed by atoms with Crippen molar-refractivity contribution in [3.05, 3.63) is 64.2 Å². The summed E-state index contributed by atoms with van der Waals surface area (Å²) in [6.07, 6.45) is 4.45. The van der Waals surface area contributed by atoms with Crippen LogP contribution in [-0.4, -0.2) is 99.0 Å². The van der Waals surface area contributed by atoms with Crippen molar-refractivity contribution in [1.29, 1.82) is 0 Å². The Morgan fingerprint density at radius 3 is 2.13 bits per heavy atom. The van der Waals surface area contributed by atoms with Gasteiger partial charge in [0.25, 0.3) is 23.3 Å². The molecule has 1 aromatic carbocycles. The number of rotatable bonds is 19. The normalized spacial score (nSPS) is 14.5. The summed E-state index contributed by atoms with van der Waals surface area (Å²) in [5.41, 5.74) is 6.57. The number of nitrogens with one attached hydrogen (secondary N) is 5. The SMILES string of the molecule is C[C@H](CCC(=O)NCCOC(C)(OCCNC(=O)CCN1C(=O)C=CC1=O)C(C)(C)C)NC(=O)c1ccc(NCc2cnc3nc(N)[nH]c(=O)c3n2)cc1. The number of ether oxygens (including phenoxy) is 2. The van der Waals surface area contributed by atoms with Crippen LogP contribution in [-0.2, 0) is 35.2 Å². The van der Waals surface area contributed by atoms with E-state index in [-0.39, 0.29) is 93.1 Å². The summed E-state index contributed by atoms with van der Waals surface area (Å²) in [6.45, 7) is 10.5. The number of hydrogen-bond donors (Lipinski definition) is 6. The third kappa shape index (κ3) is 11.6. The van der Waals surface area contributed by atoms with Gasteiger partial charge in [-0.2, -0.15) is 4.98 Å². The van der Waals surface area contributed by atoms with Crippen molar-refractivity contribution >= 4 is 52.3 Å². The number of aromatic amines is 1. The Hall–Kier alpha value is -5.75. The molecule has 2 aromatic heterocycles. The molecular formula is C36H48N10O8. The highest BCUT2D eigenvalue weighted by atomic mass is 16.7. The van der Waals surface area contributed by atoms with Crippen LogP contribution in [0.4, 0.5) is 11.6 Å². The van der Waals surface area contributed by atoms with E-state index >= 15 is 0 Å². The van der Waals surface area contributed by atoms with Crippen LogP contribution < -0.4 is 32.6 Å². The van der Waals surface area contributed by atoms with Crippen LogP contribution in [0.15, 0.2) is 47.4 Å². The highest BCUT2D eigenvalue weighted by Crippen LogP contribution is 2.34. The lowest BCUT2D eigenvalue weighted by molar-refractivity contribution is -0.276. The van der Waals surface area contributed by atoms with E-state index < -0.39 is 28.6 Å². The minimum Gasteiger partial charge on any atom is -0.379 e. The summed E-state index contributed by atoms with van der Waals surface area (Å²) in [4.78, 5) is 88.7. The molecule has 1 aliphatic heterocycles. The molecule has 4 rings (SSSR count). The number of anilines is 2. The van der Waals surface area contributed by atoms with E-state index in [1.807, 2.05) is 27.7 Å². The zero-order valence-corrected chi connectivity index (χ0v) is 31.1. The van der Waals surface area contributed by atoms with E-state index in [1.165, 1.54) is 18.3 Å². The van der Waals surface area contributed by atoms with Gasteiger partial charge in [-0.25, -0.2) is 9.97 Å². The van der Waals surface area contributed by atoms with Gasteiger partial charge in [0.2, 0.25) is 17.8 Å². The first-order valence-electron chi connectivity index (χ1n) is 17.6. The summed E-state index contributed by atoms with van der Waals surface area (Å²) < 4.78 is 12.1. The molecular weight excluding hydrogens is 700 g/mol. The van der Waals surface area contributed by atoms with Gasteiger partial charge in [0, 0.05) is 67.3 Å². The third-order valence-electron chi connectivity index (χ3n) is 8.72. The number of amides is 5. The van der Waals surface area contributed by atoms with E-state index in [0.717, 1.165) is 10.6 Å². The fourth-order valence-corrected chi connectivity index (χ4v) is 5.10. The Labute approximate surface area is 312 Å².